The van der Waals surface area contributed by atoms with Crippen LogP contribution in [0.25, 0.3) is 0 Å². The Morgan fingerprint density at radius 1 is 1.32 bits per heavy atom. The minimum Gasteiger partial charge on any atom is -0.494 e. The number of hydrogen-bond acceptors (Lipinski definition) is 4. The van der Waals surface area contributed by atoms with Crippen molar-refractivity contribution in [3.05, 3.63) is 47.4 Å². The van der Waals surface area contributed by atoms with E-state index in [4.69, 9.17) is 9.47 Å². The molecule has 0 unspecified atom stereocenters. The van der Waals surface area contributed by atoms with E-state index >= 15 is 0 Å². The quantitative estimate of drug-likeness (QED) is 0.820. The van der Waals surface area contributed by atoms with Gasteiger partial charge in [0.2, 0.25) is 5.76 Å². The molecule has 0 spiro atoms. The number of aliphatic hydroxyl groups excluding tert-OH is 1. The summed E-state index contributed by atoms with van der Waals surface area (Å²) in [7, 11) is 0. The lowest BCUT2D eigenvalue weighted by molar-refractivity contribution is -0.123. The van der Waals surface area contributed by atoms with Gasteiger partial charge in [0, 0.05) is 6.42 Å². The molecule has 0 radical (unpaired) electrons. The number of aliphatic hydroxyl groups is 1. The molecule has 100 valence electrons. The van der Waals surface area contributed by atoms with Crippen LogP contribution in [0, 0.1) is 0 Å². The standard InChI is InChI=1S/C14H15NO4/c16-11-7-9-3-1-2-4-10(9)13(11)15-14(17)12-8-18-5-6-19-12/h1-4,8,11,13,16H,5-7H2,(H,15,17)/t11-,13+/m0/s1. The molecule has 1 aliphatic heterocycles. The van der Waals surface area contributed by atoms with Gasteiger partial charge in [-0.05, 0) is 11.1 Å². The van der Waals surface area contributed by atoms with Crippen LogP contribution in [0.5, 0.6) is 0 Å². The van der Waals surface area contributed by atoms with Gasteiger partial charge in [0.15, 0.2) is 0 Å². The second kappa shape index (κ2) is 4.93. The summed E-state index contributed by atoms with van der Waals surface area (Å²) in [6, 6.07) is 7.31. The van der Waals surface area contributed by atoms with Crippen LogP contribution in [0.2, 0.25) is 0 Å². The Bertz CT molecular complexity index is 526. The van der Waals surface area contributed by atoms with E-state index in [9.17, 15) is 9.90 Å². The van der Waals surface area contributed by atoms with Gasteiger partial charge in [0.05, 0.1) is 12.1 Å². The average molecular weight is 261 g/mol. The number of hydrogen-bond donors (Lipinski definition) is 2. The molecule has 1 aliphatic carbocycles. The Morgan fingerprint density at radius 3 is 2.95 bits per heavy atom. The van der Waals surface area contributed by atoms with Crippen LogP contribution in [-0.2, 0) is 20.7 Å². The first-order valence-electron chi connectivity index (χ1n) is 6.27. The summed E-state index contributed by atoms with van der Waals surface area (Å²) in [5.41, 5.74) is 2.02. The predicted molar refractivity (Wildman–Crippen MR) is 67.0 cm³/mol. The van der Waals surface area contributed by atoms with Gasteiger partial charge in [-0.3, -0.25) is 4.79 Å². The van der Waals surface area contributed by atoms with Crippen molar-refractivity contribution in [1.82, 2.24) is 5.32 Å². The summed E-state index contributed by atoms with van der Waals surface area (Å²) < 4.78 is 10.3. The first-order valence-corrected chi connectivity index (χ1v) is 6.27. The predicted octanol–water partition coefficient (Wildman–Crippen LogP) is 0.649. The normalized spacial score (nSPS) is 24.8. The molecule has 2 aliphatic rings. The molecule has 2 N–H and O–H groups in total. The lowest BCUT2D eigenvalue weighted by Crippen LogP contribution is -2.36. The van der Waals surface area contributed by atoms with Gasteiger partial charge in [-0.1, -0.05) is 24.3 Å². The smallest absolute Gasteiger partial charge is 0.290 e. The third-order valence-electron chi connectivity index (χ3n) is 3.36. The van der Waals surface area contributed by atoms with E-state index < -0.39 is 12.1 Å². The number of carbonyl (C=O) groups is 1. The number of carbonyl (C=O) groups excluding carboxylic acids is 1. The van der Waals surface area contributed by atoms with Crippen molar-refractivity contribution in [2.75, 3.05) is 13.2 Å². The number of fused-ring (bicyclic) bond motifs is 1. The third-order valence-corrected chi connectivity index (χ3v) is 3.36. The Morgan fingerprint density at radius 2 is 2.16 bits per heavy atom. The molecule has 19 heavy (non-hydrogen) atoms. The van der Waals surface area contributed by atoms with Crippen LogP contribution >= 0.6 is 0 Å². The fraction of sp³-hybridized carbons (Fsp3) is 0.357. The van der Waals surface area contributed by atoms with Gasteiger partial charge in [0.25, 0.3) is 5.91 Å². The fourth-order valence-electron chi connectivity index (χ4n) is 2.45. The minimum atomic E-state index is -0.605. The highest BCUT2D eigenvalue weighted by Gasteiger charge is 2.33. The second-order valence-corrected chi connectivity index (χ2v) is 4.62. The Balaban J connectivity index is 1.76. The van der Waals surface area contributed by atoms with Gasteiger partial charge >= 0.3 is 0 Å². The van der Waals surface area contributed by atoms with Gasteiger partial charge in [-0.2, -0.15) is 0 Å². The molecule has 2 atom stereocenters. The van der Waals surface area contributed by atoms with Gasteiger partial charge in [-0.25, -0.2) is 0 Å². The molecule has 0 fully saturated rings. The lowest BCUT2D eigenvalue weighted by atomic mass is 10.1. The van der Waals surface area contributed by atoms with Crippen LogP contribution in [0.15, 0.2) is 36.3 Å². The summed E-state index contributed by atoms with van der Waals surface area (Å²) in [5.74, 6) is -0.205. The molecule has 0 saturated carbocycles. The molecular formula is C14H15NO4. The Hall–Kier alpha value is -2.01. The highest BCUT2D eigenvalue weighted by molar-refractivity contribution is 5.91. The first-order chi connectivity index (χ1) is 9.25. The zero-order valence-corrected chi connectivity index (χ0v) is 10.3. The van der Waals surface area contributed by atoms with Crippen LogP contribution < -0.4 is 5.32 Å². The van der Waals surface area contributed by atoms with Crippen molar-refractivity contribution in [3.63, 3.8) is 0 Å². The fourth-order valence-corrected chi connectivity index (χ4v) is 2.45. The van der Waals surface area contributed by atoms with Gasteiger partial charge in [-0.15, -0.1) is 0 Å². The van der Waals surface area contributed by atoms with E-state index in [-0.39, 0.29) is 11.7 Å². The van der Waals surface area contributed by atoms with Crippen molar-refractivity contribution in [2.45, 2.75) is 18.6 Å². The van der Waals surface area contributed by atoms with E-state index in [1.807, 2.05) is 24.3 Å². The second-order valence-electron chi connectivity index (χ2n) is 4.62. The maximum absolute atomic E-state index is 12.0. The largest absolute Gasteiger partial charge is 0.494 e. The molecule has 5 nitrogen and oxygen atoms in total. The number of nitrogens with one attached hydrogen (secondary N) is 1. The lowest BCUT2D eigenvalue weighted by Gasteiger charge is -2.20. The first kappa shape index (κ1) is 12.0. The van der Waals surface area contributed by atoms with E-state index in [0.29, 0.717) is 19.6 Å². The summed E-state index contributed by atoms with van der Waals surface area (Å²) in [5, 5.41) is 12.8. The molecule has 1 aromatic rings. The molecule has 1 amide bonds. The molecule has 0 aromatic heterocycles. The molecular weight excluding hydrogens is 246 g/mol. The van der Waals surface area contributed by atoms with E-state index in [2.05, 4.69) is 5.32 Å². The highest BCUT2D eigenvalue weighted by Crippen LogP contribution is 2.31. The zero-order chi connectivity index (χ0) is 13.2. The van der Waals surface area contributed by atoms with Crippen molar-refractivity contribution in [1.29, 1.82) is 0 Å². The third kappa shape index (κ3) is 2.29. The van der Waals surface area contributed by atoms with E-state index in [1.54, 1.807) is 0 Å². The molecule has 0 saturated heterocycles. The van der Waals surface area contributed by atoms with Crippen LogP contribution in [0.4, 0.5) is 0 Å². The maximum atomic E-state index is 12.0. The Kier molecular flexibility index (Phi) is 3.13. The van der Waals surface area contributed by atoms with Crippen molar-refractivity contribution in [3.8, 4) is 0 Å². The van der Waals surface area contributed by atoms with Crippen molar-refractivity contribution >= 4 is 5.91 Å². The average Bonchev–Trinajstić information content (AvgIpc) is 2.76. The number of rotatable bonds is 2. The minimum absolute atomic E-state index is 0.155. The number of amides is 1. The highest BCUT2D eigenvalue weighted by atomic mass is 16.6. The molecule has 0 bridgehead atoms. The SMILES string of the molecule is O=C(N[C@@H]1c2ccccc2C[C@@H]1O)C1=COCCO1. The topological polar surface area (TPSA) is 67.8 Å². The van der Waals surface area contributed by atoms with Crippen LogP contribution in [-0.4, -0.2) is 30.3 Å². The molecule has 1 aromatic carbocycles. The molecule has 1 heterocycles. The summed E-state index contributed by atoms with van der Waals surface area (Å²) >= 11 is 0. The summed E-state index contributed by atoms with van der Waals surface area (Å²) in [6.45, 7) is 0.814. The van der Waals surface area contributed by atoms with Crippen molar-refractivity contribution < 1.29 is 19.4 Å². The van der Waals surface area contributed by atoms with Gasteiger partial charge < -0.3 is 19.9 Å². The maximum Gasteiger partial charge on any atom is 0.290 e. The van der Waals surface area contributed by atoms with Crippen LogP contribution in [0.1, 0.15) is 17.2 Å². The number of ether oxygens (including phenoxy) is 2. The molecule has 5 heteroatoms. The summed E-state index contributed by atoms with van der Waals surface area (Å²) in [4.78, 5) is 12.0. The van der Waals surface area contributed by atoms with E-state index in [1.165, 1.54) is 6.26 Å². The van der Waals surface area contributed by atoms with Crippen LogP contribution in [0.3, 0.4) is 0 Å². The number of benzene rings is 1. The monoisotopic (exact) mass is 261 g/mol. The molecule has 3 rings (SSSR count). The Labute approximate surface area is 110 Å². The van der Waals surface area contributed by atoms with E-state index in [0.717, 1.165) is 11.1 Å². The summed E-state index contributed by atoms with van der Waals surface area (Å²) in [6.07, 6.45) is 1.26. The van der Waals surface area contributed by atoms with Crippen molar-refractivity contribution in [2.24, 2.45) is 0 Å². The zero-order valence-electron chi connectivity index (χ0n) is 10.3. The van der Waals surface area contributed by atoms with Gasteiger partial charge in [0.1, 0.15) is 19.5 Å².